The topological polar surface area (TPSA) is 73.1 Å². The lowest BCUT2D eigenvalue weighted by molar-refractivity contribution is -0.148. The van der Waals surface area contributed by atoms with Crippen molar-refractivity contribution < 1.29 is 9.53 Å². The second-order valence-corrected chi connectivity index (χ2v) is 5.21. The molecule has 22 heavy (non-hydrogen) atoms. The summed E-state index contributed by atoms with van der Waals surface area (Å²) < 4.78 is 6.75. The molecule has 2 aromatic rings. The van der Waals surface area contributed by atoms with Crippen LogP contribution in [0.1, 0.15) is 19.8 Å². The number of aromatic nitrogens is 4. The highest BCUT2D eigenvalue weighted by Crippen LogP contribution is 2.22. The fourth-order valence-electron chi connectivity index (χ4n) is 2.62. The number of piperidine rings is 1. The predicted octanol–water partition coefficient (Wildman–Crippen LogP) is 1.44. The molecule has 0 aromatic carbocycles. The van der Waals surface area contributed by atoms with Crippen LogP contribution >= 0.6 is 0 Å². The molecule has 116 valence electrons. The molecule has 0 radical (unpaired) electrons. The van der Waals surface area contributed by atoms with Gasteiger partial charge in [-0.1, -0.05) is 0 Å². The molecule has 0 unspecified atom stereocenters. The second kappa shape index (κ2) is 6.55. The van der Waals surface area contributed by atoms with E-state index in [0.29, 0.717) is 12.4 Å². The van der Waals surface area contributed by atoms with Gasteiger partial charge >= 0.3 is 5.97 Å². The number of esters is 1. The van der Waals surface area contributed by atoms with Crippen LogP contribution in [0.15, 0.2) is 30.6 Å². The van der Waals surface area contributed by atoms with Gasteiger partial charge in [0.2, 0.25) is 0 Å². The minimum Gasteiger partial charge on any atom is -0.466 e. The fraction of sp³-hybridized carbons (Fsp3) is 0.467. The summed E-state index contributed by atoms with van der Waals surface area (Å²) in [7, 11) is 0. The van der Waals surface area contributed by atoms with Crippen molar-refractivity contribution in [3.63, 3.8) is 0 Å². The van der Waals surface area contributed by atoms with Crippen LogP contribution in [0.5, 0.6) is 0 Å². The zero-order chi connectivity index (χ0) is 15.4. The van der Waals surface area contributed by atoms with Crippen LogP contribution < -0.4 is 4.90 Å². The van der Waals surface area contributed by atoms with E-state index in [2.05, 4.69) is 20.2 Å². The Balaban J connectivity index is 1.61. The Morgan fingerprint density at radius 2 is 2.00 bits per heavy atom. The highest BCUT2D eigenvalue weighted by molar-refractivity contribution is 5.72. The molecule has 3 heterocycles. The van der Waals surface area contributed by atoms with Crippen molar-refractivity contribution in [1.29, 1.82) is 0 Å². The van der Waals surface area contributed by atoms with Crippen molar-refractivity contribution in [2.75, 3.05) is 24.6 Å². The molecule has 0 atom stereocenters. The zero-order valence-electron chi connectivity index (χ0n) is 12.6. The van der Waals surface area contributed by atoms with Crippen LogP contribution in [0.4, 0.5) is 5.82 Å². The largest absolute Gasteiger partial charge is 0.466 e. The molecule has 1 aliphatic rings. The lowest BCUT2D eigenvalue weighted by Gasteiger charge is -2.31. The summed E-state index contributed by atoms with van der Waals surface area (Å²) in [5, 5.41) is 12.6. The van der Waals surface area contributed by atoms with Gasteiger partial charge in [0.05, 0.1) is 12.5 Å². The first-order valence-electron chi connectivity index (χ1n) is 7.53. The van der Waals surface area contributed by atoms with E-state index in [1.54, 1.807) is 10.9 Å². The van der Waals surface area contributed by atoms with Gasteiger partial charge in [0.1, 0.15) is 0 Å². The van der Waals surface area contributed by atoms with E-state index in [1.165, 1.54) is 0 Å². The molecule has 2 aromatic heterocycles. The van der Waals surface area contributed by atoms with Gasteiger partial charge in [0, 0.05) is 25.5 Å². The molecule has 0 N–H and O–H groups in total. The maximum absolute atomic E-state index is 11.7. The highest BCUT2D eigenvalue weighted by atomic mass is 16.5. The van der Waals surface area contributed by atoms with Crippen molar-refractivity contribution in [3.05, 3.63) is 30.6 Å². The molecule has 0 amide bonds. The van der Waals surface area contributed by atoms with Crippen molar-refractivity contribution in [2.24, 2.45) is 5.92 Å². The number of ether oxygens (including phenoxy) is 1. The number of carbonyl (C=O) groups excluding carboxylic acids is 1. The van der Waals surface area contributed by atoms with Gasteiger partial charge in [-0.25, -0.2) is 4.68 Å². The maximum Gasteiger partial charge on any atom is 0.309 e. The third-order valence-corrected chi connectivity index (χ3v) is 3.81. The third-order valence-electron chi connectivity index (χ3n) is 3.81. The Bertz CT molecular complexity index is 603. The fourth-order valence-corrected chi connectivity index (χ4v) is 2.62. The first-order valence-corrected chi connectivity index (χ1v) is 7.53. The minimum atomic E-state index is -0.0812. The summed E-state index contributed by atoms with van der Waals surface area (Å²) in [5.74, 6) is 1.45. The molecule has 3 rings (SSSR count). The van der Waals surface area contributed by atoms with Crippen molar-refractivity contribution in [1.82, 2.24) is 20.0 Å². The van der Waals surface area contributed by atoms with E-state index in [-0.39, 0.29) is 11.9 Å². The first kappa shape index (κ1) is 14.5. The monoisotopic (exact) mass is 301 g/mol. The Kier molecular flexibility index (Phi) is 4.32. The second-order valence-electron chi connectivity index (χ2n) is 5.21. The van der Waals surface area contributed by atoms with Crippen LogP contribution in [0.25, 0.3) is 5.82 Å². The molecule has 1 aliphatic heterocycles. The highest BCUT2D eigenvalue weighted by Gasteiger charge is 2.26. The van der Waals surface area contributed by atoms with Gasteiger partial charge in [0.15, 0.2) is 11.6 Å². The Morgan fingerprint density at radius 3 is 2.59 bits per heavy atom. The Labute approximate surface area is 128 Å². The van der Waals surface area contributed by atoms with Gasteiger partial charge in [0.25, 0.3) is 0 Å². The Morgan fingerprint density at radius 1 is 1.27 bits per heavy atom. The number of rotatable bonds is 4. The van der Waals surface area contributed by atoms with Crippen LogP contribution in [-0.2, 0) is 9.53 Å². The van der Waals surface area contributed by atoms with Gasteiger partial charge in [-0.05, 0) is 38.0 Å². The number of nitrogens with zero attached hydrogens (tertiary/aromatic N) is 5. The lowest BCUT2D eigenvalue weighted by Crippen LogP contribution is -2.37. The molecule has 1 fully saturated rings. The first-order chi connectivity index (χ1) is 10.8. The predicted molar refractivity (Wildman–Crippen MR) is 80.7 cm³/mol. The van der Waals surface area contributed by atoms with Crippen LogP contribution in [0, 0.1) is 5.92 Å². The van der Waals surface area contributed by atoms with Crippen LogP contribution in [-0.4, -0.2) is 45.6 Å². The Hall–Kier alpha value is -2.44. The molecule has 7 nitrogen and oxygen atoms in total. The quantitative estimate of drug-likeness (QED) is 0.796. The van der Waals surface area contributed by atoms with Crippen molar-refractivity contribution in [2.45, 2.75) is 19.8 Å². The van der Waals surface area contributed by atoms with E-state index in [9.17, 15) is 4.79 Å². The molecule has 7 heteroatoms. The van der Waals surface area contributed by atoms with Crippen molar-refractivity contribution in [3.8, 4) is 5.82 Å². The third kappa shape index (κ3) is 3.08. The maximum atomic E-state index is 11.7. The summed E-state index contributed by atoms with van der Waals surface area (Å²) >= 11 is 0. The van der Waals surface area contributed by atoms with E-state index in [1.807, 2.05) is 31.3 Å². The summed E-state index contributed by atoms with van der Waals surface area (Å²) in [4.78, 5) is 13.9. The molecular weight excluding hydrogens is 282 g/mol. The molecule has 0 bridgehead atoms. The summed E-state index contributed by atoms with van der Waals surface area (Å²) in [5.41, 5.74) is 0. The number of hydrogen-bond donors (Lipinski definition) is 0. The molecule has 0 saturated carbocycles. The minimum absolute atomic E-state index is 0.00695. The summed E-state index contributed by atoms with van der Waals surface area (Å²) in [6.07, 6.45) is 5.12. The molecule has 1 saturated heterocycles. The van der Waals surface area contributed by atoms with E-state index in [4.69, 9.17) is 4.74 Å². The van der Waals surface area contributed by atoms with Gasteiger partial charge in [-0.2, -0.15) is 5.10 Å². The van der Waals surface area contributed by atoms with E-state index < -0.39 is 0 Å². The number of anilines is 1. The van der Waals surface area contributed by atoms with Gasteiger partial charge < -0.3 is 9.64 Å². The smallest absolute Gasteiger partial charge is 0.309 e. The molecular formula is C15H19N5O2. The summed E-state index contributed by atoms with van der Waals surface area (Å²) in [6, 6.07) is 5.68. The SMILES string of the molecule is CCOC(=O)C1CCN(c2ccc(-n3cccn3)nn2)CC1. The average Bonchev–Trinajstić information content (AvgIpc) is 3.10. The van der Waals surface area contributed by atoms with Crippen LogP contribution in [0.2, 0.25) is 0 Å². The zero-order valence-corrected chi connectivity index (χ0v) is 12.6. The summed E-state index contributed by atoms with van der Waals surface area (Å²) in [6.45, 7) is 3.86. The average molecular weight is 301 g/mol. The van der Waals surface area contributed by atoms with Gasteiger partial charge in [-0.15, -0.1) is 10.2 Å². The standard InChI is InChI=1S/C15H19N5O2/c1-2-22-15(21)12-6-10-19(11-7-12)13-4-5-14(18-17-13)20-9-3-8-16-20/h3-5,8-9,12H,2,6-7,10-11H2,1H3. The van der Waals surface area contributed by atoms with Gasteiger partial charge in [-0.3, -0.25) is 4.79 Å². The number of hydrogen-bond acceptors (Lipinski definition) is 6. The molecule has 0 spiro atoms. The normalized spacial score (nSPS) is 15.8. The van der Waals surface area contributed by atoms with Crippen molar-refractivity contribution >= 4 is 11.8 Å². The number of carbonyl (C=O) groups is 1. The molecule has 0 aliphatic carbocycles. The van der Waals surface area contributed by atoms with E-state index >= 15 is 0 Å². The lowest BCUT2D eigenvalue weighted by atomic mass is 9.97. The van der Waals surface area contributed by atoms with E-state index in [0.717, 1.165) is 31.7 Å². The van der Waals surface area contributed by atoms with Crippen LogP contribution in [0.3, 0.4) is 0 Å².